The quantitative estimate of drug-likeness (QED) is 0.195. The maximum absolute atomic E-state index is 12.4. The van der Waals surface area contributed by atoms with Gasteiger partial charge in [-0.15, -0.1) is 0 Å². The Morgan fingerprint density at radius 3 is 2.21 bits per heavy atom. The van der Waals surface area contributed by atoms with Gasteiger partial charge in [-0.25, -0.2) is 18.0 Å². The van der Waals surface area contributed by atoms with Gasteiger partial charge in [0.1, 0.15) is 11.4 Å². The van der Waals surface area contributed by atoms with E-state index in [0.29, 0.717) is 0 Å². The van der Waals surface area contributed by atoms with Crippen molar-refractivity contribution in [3.8, 4) is 0 Å². The molecular weight excluding hydrogens is 417 g/mol. The molecule has 0 N–H and O–H groups in total. The molecule has 12 heteroatoms. The minimum absolute atomic E-state index is 0. The van der Waals surface area contributed by atoms with Crippen LogP contribution in [0.1, 0.15) is 41.0 Å². The molecule has 2 atom stereocenters. The number of amides is 1. The van der Waals surface area contributed by atoms with Crippen molar-refractivity contribution in [1.29, 1.82) is 0 Å². The van der Waals surface area contributed by atoms with Crippen LogP contribution in [-0.4, -0.2) is 60.1 Å². The molecule has 0 spiro atoms. The van der Waals surface area contributed by atoms with E-state index in [1.54, 1.807) is 0 Å². The molecular formula is C17H16NNaO9S. The molecule has 2 aliphatic rings. The van der Waals surface area contributed by atoms with Crippen molar-refractivity contribution >= 4 is 33.7 Å². The molecule has 1 aromatic carbocycles. The van der Waals surface area contributed by atoms with Crippen molar-refractivity contribution in [3.05, 3.63) is 35.4 Å². The summed E-state index contributed by atoms with van der Waals surface area (Å²) in [5.74, 6) is -3.74. The van der Waals surface area contributed by atoms with E-state index >= 15 is 0 Å². The third-order valence-corrected chi connectivity index (χ3v) is 7.75. The number of rotatable bonds is 5. The molecule has 0 unspecified atom stereocenters. The second-order valence-corrected chi connectivity index (χ2v) is 9.57. The number of sulfone groups is 1. The van der Waals surface area contributed by atoms with E-state index in [0.717, 1.165) is 17.0 Å². The number of ether oxygens (including phenoxy) is 2. The van der Waals surface area contributed by atoms with Crippen molar-refractivity contribution in [2.24, 2.45) is 0 Å². The zero-order valence-electron chi connectivity index (χ0n) is 15.9. The third-order valence-electron chi connectivity index (χ3n) is 4.95. The average molecular weight is 433 g/mol. The summed E-state index contributed by atoms with van der Waals surface area (Å²) in [7, 11) is -3.74. The zero-order chi connectivity index (χ0) is 20.9. The van der Waals surface area contributed by atoms with Gasteiger partial charge in [0.05, 0.1) is 22.7 Å². The SMILES string of the molecule is CC1(C)[C@H](C(=O)OCOC(=O)c2ccc(C(=O)[O-])cc2)N2C(=O)C[C@H]2S1(=O)=O.[Na+]. The Labute approximate surface area is 188 Å². The molecule has 150 valence electrons. The van der Waals surface area contributed by atoms with Crippen LogP contribution < -0.4 is 34.7 Å². The summed E-state index contributed by atoms with van der Waals surface area (Å²) in [5, 5.41) is 9.63. The zero-order valence-corrected chi connectivity index (χ0v) is 18.7. The predicted octanol–water partition coefficient (Wildman–Crippen LogP) is -4.15. The molecule has 0 aliphatic carbocycles. The Morgan fingerprint density at radius 2 is 1.69 bits per heavy atom. The van der Waals surface area contributed by atoms with Crippen molar-refractivity contribution in [1.82, 2.24) is 4.90 Å². The second-order valence-electron chi connectivity index (χ2n) is 6.89. The number of hydrogen-bond acceptors (Lipinski definition) is 9. The van der Waals surface area contributed by atoms with Crippen LogP contribution in [0.2, 0.25) is 0 Å². The van der Waals surface area contributed by atoms with Gasteiger partial charge in [0.2, 0.25) is 12.7 Å². The fourth-order valence-electron chi connectivity index (χ4n) is 3.26. The minimum Gasteiger partial charge on any atom is -0.545 e. The second kappa shape index (κ2) is 8.05. The number of carboxylic acid groups (broad SMARTS) is 1. The number of carbonyl (C=O) groups excluding carboxylic acids is 4. The molecule has 0 bridgehead atoms. The fraction of sp³-hybridized carbons (Fsp3) is 0.412. The number of esters is 2. The van der Waals surface area contributed by atoms with Crippen LogP contribution in [0.5, 0.6) is 0 Å². The monoisotopic (exact) mass is 433 g/mol. The number of benzene rings is 1. The molecule has 2 saturated heterocycles. The molecule has 10 nitrogen and oxygen atoms in total. The van der Waals surface area contributed by atoms with Gasteiger partial charge in [0.15, 0.2) is 9.84 Å². The third kappa shape index (κ3) is 3.79. The van der Waals surface area contributed by atoms with E-state index in [1.807, 2.05) is 0 Å². The van der Waals surface area contributed by atoms with Crippen LogP contribution in [0.3, 0.4) is 0 Å². The van der Waals surface area contributed by atoms with Gasteiger partial charge in [-0.2, -0.15) is 0 Å². The Bertz CT molecular complexity index is 971. The van der Waals surface area contributed by atoms with Crippen LogP contribution in [0.25, 0.3) is 0 Å². The van der Waals surface area contributed by atoms with Crippen LogP contribution in [0.4, 0.5) is 0 Å². The first-order valence-corrected chi connectivity index (χ1v) is 9.73. The van der Waals surface area contributed by atoms with E-state index < -0.39 is 56.6 Å². The molecule has 2 fully saturated rings. The smallest absolute Gasteiger partial charge is 0.545 e. The number of carboxylic acids is 1. The van der Waals surface area contributed by atoms with E-state index in [4.69, 9.17) is 9.47 Å². The fourth-order valence-corrected chi connectivity index (χ4v) is 5.38. The van der Waals surface area contributed by atoms with E-state index in [9.17, 15) is 32.7 Å². The molecule has 2 heterocycles. The van der Waals surface area contributed by atoms with Gasteiger partial charge < -0.3 is 24.3 Å². The van der Waals surface area contributed by atoms with Crippen LogP contribution in [0, 0.1) is 0 Å². The summed E-state index contributed by atoms with van der Waals surface area (Å²) in [6.45, 7) is 1.88. The van der Waals surface area contributed by atoms with Crippen molar-refractivity contribution in [2.75, 3.05) is 6.79 Å². The number of carbonyl (C=O) groups is 4. The van der Waals surface area contributed by atoms with Gasteiger partial charge in [0, 0.05) is 0 Å². The molecule has 3 rings (SSSR count). The molecule has 0 saturated carbocycles. The van der Waals surface area contributed by atoms with Crippen molar-refractivity contribution in [2.45, 2.75) is 36.4 Å². The molecule has 29 heavy (non-hydrogen) atoms. The van der Waals surface area contributed by atoms with E-state index in [-0.39, 0.29) is 47.1 Å². The number of fused-ring (bicyclic) bond motifs is 1. The minimum atomic E-state index is -3.74. The Balaban J connectivity index is 0.00000300. The van der Waals surface area contributed by atoms with Gasteiger partial charge in [-0.05, 0) is 31.5 Å². The number of nitrogens with zero attached hydrogens (tertiary/aromatic N) is 1. The number of hydrogen-bond donors (Lipinski definition) is 0. The van der Waals surface area contributed by atoms with Crippen molar-refractivity contribution in [3.63, 3.8) is 0 Å². The predicted molar refractivity (Wildman–Crippen MR) is 89.2 cm³/mol. The van der Waals surface area contributed by atoms with Gasteiger partial charge in [-0.1, -0.05) is 12.1 Å². The van der Waals surface area contributed by atoms with E-state index in [2.05, 4.69) is 0 Å². The standard InChI is InChI=1S/C17H17NO9S.Na/c1-17(2)13(18-11(19)7-12(18)28(17,24)25)16(23)27-8-26-15(22)10-5-3-9(4-6-10)14(20)21;/h3-6,12-13H,7-8H2,1-2H3,(H,20,21);/q;+1/p-1/t12-,13+;/m1./s1. The van der Waals surface area contributed by atoms with Crippen LogP contribution in [0.15, 0.2) is 24.3 Å². The number of aromatic carboxylic acids is 1. The molecule has 1 amide bonds. The summed E-state index contributed by atoms with van der Waals surface area (Å²) in [5.41, 5.74) is -0.107. The summed E-state index contributed by atoms with van der Waals surface area (Å²) in [6.07, 6.45) is -0.174. The normalized spacial score (nSPS) is 23.2. The maximum Gasteiger partial charge on any atom is 1.00 e. The van der Waals surface area contributed by atoms with Crippen LogP contribution in [-0.2, 0) is 28.9 Å². The van der Waals surface area contributed by atoms with Gasteiger partial charge in [-0.3, -0.25) is 4.79 Å². The van der Waals surface area contributed by atoms with Crippen LogP contribution >= 0.6 is 0 Å². The first-order chi connectivity index (χ1) is 13.0. The molecule has 0 aromatic heterocycles. The molecule has 0 radical (unpaired) electrons. The van der Waals surface area contributed by atoms with Gasteiger partial charge in [0.25, 0.3) is 0 Å². The number of β-lactam (4-membered cyclic amide) rings is 1. The first-order valence-electron chi connectivity index (χ1n) is 8.18. The van der Waals surface area contributed by atoms with Crippen molar-refractivity contribution < 1.29 is 71.7 Å². The largest absolute Gasteiger partial charge is 1.00 e. The first kappa shape index (κ1) is 23.3. The maximum atomic E-state index is 12.4. The Hall–Kier alpha value is -1.95. The summed E-state index contributed by atoms with van der Waals surface area (Å²) in [6, 6.07) is 3.37. The summed E-state index contributed by atoms with van der Waals surface area (Å²) >= 11 is 0. The average Bonchev–Trinajstić information content (AvgIpc) is 2.75. The topological polar surface area (TPSA) is 147 Å². The molecule has 2 aliphatic heterocycles. The Morgan fingerprint density at radius 1 is 1.14 bits per heavy atom. The summed E-state index contributed by atoms with van der Waals surface area (Å²) in [4.78, 5) is 47.7. The van der Waals surface area contributed by atoms with E-state index in [1.165, 1.54) is 26.0 Å². The Kier molecular flexibility index (Phi) is 6.48. The molecule has 1 aromatic rings. The van der Waals surface area contributed by atoms with Gasteiger partial charge >= 0.3 is 41.5 Å². The summed E-state index contributed by atoms with van der Waals surface area (Å²) < 4.78 is 33.0.